The molecule has 0 N–H and O–H groups in total. The standard InChI is InChI=1S/C12H9Cl3O4/c1-6(2)12(17)19-11(16)5-18-10-4-8(14)7(13)3-9(10)15/h3-4H,1,5H2,2H3. The Morgan fingerprint density at radius 3 is 2.32 bits per heavy atom. The molecule has 0 aliphatic rings. The summed E-state index contributed by atoms with van der Waals surface area (Å²) < 4.78 is 9.51. The molecule has 1 rings (SSSR count). The lowest BCUT2D eigenvalue weighted by Gasteiger charge is -2.08. The lowest BCUT2D eigenvalue weighted by atomic mass is 10.3. The molecular weight excluding hydrogens is 314 g/mol. The molecule has 0 amide bonds. The van der Waals surface area contributed by atoms with Gasteiger partial charge in [-0.05, 0) is 13.0 Å². The molecule has 0 unspecified atom stereocenters. The Labute approximate surface area is 124 Å². The summed E-state index contributed by atoms with van der Waals surface area (Å²) in [6, 6.07) is 2.74. The van der Waals surface area contributed by atoms with E-state index in [4.69, 9.17) is 39.5 Å². The van der Waals surface area contributed by atoms with Crippen molar-refractivity contribution in [1.29, 1.82) is 0 Å². The van der Waals surface area contributed by atoms with Gasteiger partial charge in [-0.1, -0.05) is 41.4 Å². The minimum atomic E-state index is -0.866. The lowest BCUT2D eigenvalue weighted by Crippen LogP contribution is -2.19. The van der Waals surface area contributed by atoms with Crippen LogP contribution in [0.15, 0.2) is 24.3 Å². The normalized spacial score (nSPS) is 9.89. The number of carbonyl (C=O) groups is 2. The zero-order chi connectivity index (χ0) is 14.6. The summed E-state index contributed by atoms with van der Waals surface area (Å²) in [6.45, 7) is 4.27. The lowest BCUT2D eigenvalue weighted by molar-refractivity contribution is -0.158. The van der Waals surface area contributed by atoms with E-state index in [1.54, 1.807) is 0 Å². The van der Waals surface area contributed by atoms with Gasteiger partial charge in [-0.25, -0.2) is 9.59 Å². The van der Waals surface area contributed by atoms with Gasteiger partial charge in [0.05, 0.1) is 15.1 Å². The summed E-state index contributed by atoms with van der Waals surface area (Å²) in [5.41, 5.74) is 0.112. The first kappa shape index (κ1) is 15.8. The second kappa shape index (κ2) is 6.80. The maximum atomic E-state index is 11.3. The molecule has 0 aromatic heterocycles. The van der Waals surface area contributed by atoms with Gasteiger partial charge in [-0.15, -0.1) is 0 Å². The van der Waals surface area contributed by atoms with Crippen LogP contribution in [0.25, 0.3) is 0 Å². The topological polar surface area (TPSA) is 52.6 Å². The molecule has 0 radical (unpaired) electrons. The molecule has 0 aliphatic heterocycles. The molecule has 0 spiro atoms. The van der Waals surface area contributed by atoms with Crippen LogP contribution in [0.2, 0.25) is 15.1 Å². The second-order valence-corrected chi connectivity index (χ2v) is 4.75. The van der Waals surface area contributed by atoms with Crippen LogP contribution in [-0.2, 0) is 14.3 Å². The van der Waals surface area contributed by atoms with Crippen LogP contribution in [0.3, 0.4) is 0 Å². The summed E-state index contributed by atoms with van der Waals surface area (Å²) in [7, 11) is 0. The van der Waals surface area contributed by atoms with Gasteiger partial charge in [-0.2, -0.15) is 0 Å². The van der Waals surface area contributed by atoms with Gasteiger partial charge in [0.2, 0.25) is 0 Å². The number of hydrogen-bond donors (Lipinski definition) is 0. The Morgan fingerprint density at radius 1 is 1.16 bits per heavy atom. The summed E-state index contributed by atoms with van der Waals surface area (Å²) in [5.74, 6) is -1.51. The van der Waals surface area contributed by atoms with Crippen molar-refractivity contribution in [2.75, 3.05) is 6.61 Å². The van der Waals surface area contributed by atoms with Crippen molar-refractivity contribution in [2.24, 2.45) is 0 Å². The molecule has 0 saturated carbocycles. The molecule has 0 aliphatic carbocycles. The van der Waals surface area contributed by atoms with Crippen LogP contribution >= 0.6 is 34.8 Å². The predicted octanol–water partition coefficient (Wildman–Crippen LogP) is 3.67. The van der Waals surface area contributed by atoms with Crippen molar-refractivity contribution < 1.29 is 19.1 Å². The van der Waals surface area contributed by atoms with Crippen molar-refractivity contribution in [3.05, 3.63) is 39.4 Å². The van der Waals surface area contributed by atoms with Gasteiger partial charge in [0, 0.05) is 11.6 Å². The van der Waals surface area contributed by atoms with E-state index in [0.717, 1.165) is 0 Å². The van der Waals surface area contributed by atoms with E-state index in [2.05, 4.69) is 11.3 Å². The molecule has 0 saturated heterocycles. The molecule has 102 valence electrons. The number of ether oxygens (including phenoxy) is 2. The fourth-order valence-electron chi connectivity index (χ4n) is 0.972. The first-order chi connectivity index (χ1) is 8.81. The average Bonchev–Trinajstić information content (AvgIpc) is 2.32. The molecule has 1 aromatic carbocycles. The highest BCUT2D eigenvalue weighted by Gasteiger charge is 2.13. The van der Waals surface area contributed by atoms with Crippen LogP contribution in [-0.4, -0.2) is 18.5 Å². The highest BCUT2D eigenvalue weighted by atomic mass is 35.5. The largest absolute Gasteiger partial charge is 0.480 e. The van der Waals surface area contributed by atoms with Gasteiger partial charge >= 0.3 is 11.9 Å². The summed E-state index contributed by atoms with van der Waals surface area (Å²) >= 11 is 17.3. The zero-order valence-electron chi connectivity index (χ0n) is 9.84. The Bertz CT molecular complexity index is 540. The second-order valence-electron chi connectivity index (χ2n) is 3.53. The molecule has 4 nitrogen and oxygen atoms in total. The summed E-state index contributed by atoms with van der Waals surface area (Å²) in [4.78, 5) is 22.4. The summed E-state index contributed by atoms with van der Waals surface area (Å²) in [5, 5.41) is 0.680. The maximum absolute atomic E-state index is 11.3. The van der Waals surface area contributed by atoms with E-state index in [-0.39, 0.29) is 26.4 Å². The van der Waals surface area contributed by atoms with Crippen molar-refractivity contribution in [1.82, 2.24) is 0 Å². The molecule has 0 bridgehead atoms. The molecule has 19 heavy (non-hydrogen) atoms. The first-order valence-electron chi connectivity index (χ1n) is 4.99. The molecule has 1 aromatic rings. The third-order valence-electron chi connectivity index (χ3n) is 1.88. The van der Waals surface area contributed by atoms with Crippen LogP contribution in [0.5, 0.6) is 5.75 Å². The first-order valence-corrected chi connectivity index (χ1v) is 6.12. The molecule has 0 heterocycles. The van der Waals surface area contributed by atoms with E-state index in [9.17, 15) is 9.59 Å². The van der Waals surface area contributed by atoms with E-state index in [1.165, 1.54) is 19.1 Å². The van der Waals surface area contributed by atoms with Crippen LogP contribution < -0.4 is 4.74 Å². The average molecular weight is 324 g/mol. The number of rotatable bonds is 4. The highest BCUT2D eigenvalue weighted by molar-refractivity contribution is 6.43. The van der Waals surface area contributed by atoms with Gasteiger partial charge in [0.25, 0.3) is 0 Å². The van der Waals surface area contributed by atoms with Crippen molar-refractivity contribution in [3.63, 3.8) is 0 Å². The number of esters is 2. The van der Waals surface area contributed by atoms with Crippen LogP contribution in [0, 0.1) is 0 Å². The van der Waals surface area contributed by atoms with Gasteiger partial charge in [-0.3, -0.25) is 0 Å². The molecule has 0 fully saturated rings. The zero-order valence-corrected chi connectivity index (χ0v) is 12.1. The highest BCUT2D eigenvalue weighted by Crippen LogP contribution is 2.33. The predicted molar refractivity (Wildman–Crippen MR) is 72.9 cm³/mol. The van der Waals surface area contributed by atoms with Gasteiger partial charge in [0.1, 0.15) is 5.75 Å². The smallest absolute Gasteiger partial charge is 0.352 e. The third kappa shape index (κ3) is 4.74. The minimum absolute atomic E-state index is 0.112. The number of halogens is 3. The van der Waals surface area contributed by atoms with Crippen molar-refractivity contribution in [2.45, 2.75) is 6.92 Å². The Kier molecular flexibility index (Phi) is 5.66. The Hall–Kier alpha value is -1.23. The van der Waals surface area contributed by atoms with E-state index in [0.29, 0.717) is 0 Å². The van der Waals surface area contributed by atoms with Crippen LogP contribution in [0.4, 0.5) is 0 Å². The quantitative estimate of drug-likeness (QED) is 0.367. The SMILES string of the molecule is C=C(C)C(=O)OC(=O)COc1cc(Cl)c(Cl)cc1Cl. The van der Waals surface area contributed by atoms with Gasteiger partial charge < -0.3 is 9.47 Å². The number of hydrogen-bond acceptors (Lipinski definition) is 4. The van der Waals surface area contributed by atoms with Crippen molar-refractivity contribution >= 4 is 46.7 Å². The monoisotopic (exact) mass is 322 g/mol. The maximum Gasteiger partial charge on any atom is 0.352 e. The number of benzene rings is 1. The Morgan fingerprint density at radius 2 is 1.74 bits per heavy atom. The van der Waals surface area contributed by atoms with E-state index < -0.39 is 18.5 Å². The minimum Gasteiger partial charge on any atom is -0.480 e. The van der Waals surface area contributed by atoms with E-state index in [1.807, 2.05) is 0 Å². The summed E-state index contributed by atoms with van der Waals surface area (Å²) in [6.07, 6.45) is 0. The van der Waals surface area contributed by atoms with E-state index >= 15 is 0 Å². The van der Waals surface area contributed by atoms with Crippen LogP contribution in [0.1, 0.15) is 6.92 Å². The Balaban J connectivity index is 2.62. The fourth-order valence-corrected chi connectivity index (χ4v) is 1.56. The number of carbonyl (C=O) groups excluding carboxylic acids is 2. The fraction of sp³-hybridized carbons (Fsp3) is 0.167. The third-order valence-corrected chi connectivity index (χ3v) is 2.89. The molecule has 0 atom stereocenters. The van der Waals surface area contributed by atoms with Crippen molar-refractivity contribution in [3.8, 4) is 5.75 Å². The van der Waals surface area contributed by atoms with Gasteiger partial charge in [0.15, 0.2) is 6.61 Å². The molecular formula is C12H9Cl3O4. The molecule has 7 heteroatoms.